The Hall–Kier alpha value is -4.26. The van der Waals surface area contributed by atoms with Gasteiger partial charge in [0.2, 0.25) is 0 Å². The number of nitrogens with zero attached hydrogens (tertiary/aromatic N) is 2. The number of hydrogen-bond donors (Lipinski definition) is 3. The highest BCUT2D eigenvalue weighted by Crippen LogP contribution is 2.24. The van der Waals surface area contributed by atoms with Crippen LogP contribution in [0.2, 0.25) is 0 Å². The van der Waals surface area contributed by atoms with Gasteiger partial charge in [-0.3, -0.25) is 10.2 Å². The Bertz CT molecular complexity index is 1440. The Morgan fingerprint density at radius 2 is 1.90 bits per heavy atom. The van der Waals surface area contributed by atoms with Crippen molar-refractivity contribution in [3.05, 3.63) is 76.8 Å². The molecule has 42 heavy (non-hydrogen) atoms. The predicted octanol–water partition coefficient (Wildman–Crippen LogP) is 6.45. The van der Waals surface area contributed by atoms with Crippen LogP contribution >= 0.6 is 0 Å². The third kappa shape index (κ3) is 9.98. The standard InChI is InChI=1S/C33H41N5O4/c1-24(2)19-26(20-28-21-29(23-34-28)41-16-6-13-38-14-17-40-18-15-38)8-7-25-9-11-27(12-10-25)35-32(39)36-31-22-30(42-37-31)33(3,4)5/h9-12,19-23,34H,6,13-18H2,1-5H3,(H2,35,36,37,39)/b26-20-. The number of urea groups is 1. The fourth-order valence-corrected chi connectivity index (χ4v) is 4.20. The van der Waals surface area contributed by atoms with Crippen LogP contribution in [0.3, 0.4) is 0 Å². The number of anilines is 2. The summed E-state index contributed by atoms with van der Waals surface area (Å²) in [5.41, 5.74) is 4.22. The lowest BCUT2D eigenvalue weighted by atomic mass is 9.93. The molecule has 0 atom stereocenters. The Balaban J connectivity index is 1.31. The minimum atomic E-state index is -0.400. The topological polar surface area (TPSA) is 105 Å². The van der Waals surface area contributed by atoms with Gasteiger partial charge in [-0.2, -0.15) is 0 Å². The first kappa shape index (κ1) is 30.7. The quantitative estimate of drug-likeness (QED) is 0.155. The molecule has 3 aromatic rings. The average Bonchev–Trinajstić information content (AvgIpc) is 3.60. The first-order chi connectivity index (χ1) is 20.1. The lowest BCUT2D eigenvalue weighted by Crippen LogP contribution is -2.37. The zero-order valence-electron chi connectivity index (χ0n) is 25.2. The zero-order chi connectivity index (χ0) is 30.0. The van der Waals surface area contributed by atoms with Crippen LogP contribution in [0.4, 0.5) is 16.3 Å². The summed E-state index contributed by atoms with van der Waals surface area (Å²) in [4.78, 5) is 18.1. The summed E-state index contributed by atoms with van der Waals surface area (Å²) < 4.78 is 16.7. The van der Waals surface area contributed by atoms with Gasteiger partial charge in [0.05, 0.1) is 19.8 Å². The Kier molecular flexibility index (Phi) is 10.7. The summed E-state index contributed by atoms with van der Waals surface area (Å²) >= 11 is 0. The number of morpholine rings is 1. The third-order valence-electron chi connectivity index (χ3n) is 6.41. The molecule has 1 aliphatic rings. The molecule has 1 saturated heterocycles. The molecule has 2 amide bonds. The molecule has 3 N–H and O–H groups in total. The molecular formula is C33H41N5O4. The maximum atomic E-state index is 12.4. The summed E-state index contributed by atoms with van der Waals surface area (Å²) in [5, 5.41) is 9.41. The van der Waals surface area contributed by atoms with Gasteiger partial charge in [-0.05, 0) is 56.7 Å². The van der Waals surface area contributed by atoms with Crippen molar-refractivity contribution in [1.29, 1.82) is 0 Å². The van der Waals surface area contributed by atoms with E-state index in [0.717, 1.165) is 67.4 Å². The van der Waals surface area contributed by atoms with E-state index >= 15 is 0 Å². The molecule has 3 heterocycles. The van der Waals surface area contributed by atoms with E-state index in [0.29, 0.717) is 23.9 Å². The fourth-order valence-electron chi connectivity index (χ4n) is 4.20. The van der Waals surface area contributed by atoms with E-state index in [4.69, 9.17) is 14.0 Å². The number of carbonyl (C=O) groups is 1. The molecule has 2 aromatic heterocycles. The van der Waals surface area contributed by atoms with Gasteiger partial charge in [0, 0.05) is 65.9 Å². The molecule has 0 saturated carbocycles. The second-order valence-electron chi connectivity index (χ2n) is 11.5. The number of allylic oxidation sites excluding steroid dienone is 3. The maximum absolute atomic E-state index is 12.4. The molecular weight excluding hydrogens is 530 g/mol. The van der Waals surface area contributed by atoms with Gasteiger partial charge in [0.25, 0.3) is 0 Å². The van der Waals surface area contributed by atoms with Crippen molar-refractivity contribution in [2.75, 3.05) is 50.1 Å². The smallest absolute Gasteiger partial charge is 0.324 e. The number of amides is 2. The van der Waals surface area contributed by atoms with E-state index in [9.17, 15) is 4.79 Å². The van der Waals surface area contributed by atoms with Gasteiger partial charge in [0.15, 0.2) is 5.82 Å². The molecule has 4 rings (SSSR count). The van der Waals surface area contributed by atoms with Crippen LogP contribution in [0.15, 0.2) is 64.3 Å². The maximum Gasteiger partial charge on any atom is 0.324 e. The number of hydrogen-bond acceptors (Lipinski definition) is 6. The molecule has 9 nitrogen and oxygen atoms in total. The van der Waals surface area contributed by atoms with E-state index in [-0.39, 0.29) is 5.41 Å². The minimum absolute atomic E-state index is 0.192. The van der Waals surface area contributed by atoms with Gasteiger partial charge in [-0.15, -0.1) is 0 Å². The Morgan fingerprint density at radius 3 is 2.60 bits per heavy atom. The van der Waals surface area contributed by atoms with E-state index < -0.39 is 6.03 Å². The van der Waals surface area contributed by atoms with E-state index in [1.165, 1.54) is 0 Å². The lowest BCUT2D eigenvalue weighted by molar-refractivity contribution is 0.0358. The Labute approximate surface area is 248 Å². The second-order valence-corrected chi connectivity index (χ2v) is 11.5. The molecule has 0 unspecified atom stereocenters. The molecule has 0 aliphatic carbocycles. The van der Waals surface area contributed by atoms with Crippen molar-refractivity contribution in [2.45, 2.75) is 46.5 Å². The number of carbonyl (C=O) groups excluding carboxylic acids is 1. The largest absolute Gasteiger partial charge is 0.492 e. The second kappa shape index (κ2) is 14.6. The van der Waals surface area contributed by atoms with Crippen molar-refractivity contribution >= 4 is 23.6 Å². The molecule has 0 bridgehead atoms. The molecule has 0 radical (unpaired) electrons. The van der Waals surface area contributed by atoms with Gasteiger partial charge < -0.3 is 24.3 Å². The number of aromatic amines is 1. The fraction of sp³-hybridized carbons (Fsp3) is 0.394. The first-order valence-electron chi connectivity index (χ1n) is 14.3. The number of rotatable bonds is 9. The lowest BCUT2D eigenvalue weighted by Gasteiger charge is -2.26. The highest BCUT2D eigenvalue weighted by atomic mass is 16.5. The first-order valence-corrected chi connectivity index (χ1v) is 14.3. The van der Waals surface area contributed by atoms with Gasteiger partial charge in [-0.1, -0.05) is 43.3 Å². The minimum Gasteiger partial charge on any atom is -0.492 e. The summed E-state index contributed by atoms with van der Waals surface area (Å²) in [6.45, 7) is 15.4. The third-order valence-corrected chi connectivity index (χ3v) is 6.41. The normalized spacial score (nSPS) is 14.1. The van der Waals surface area contributed by atoms with Crippen LogP contribution in [0.25, 0.3) is 6.08 Å². The highest BCUT2D eigenvalue weighted by molar-refractivity contribution is 5.99. The number of aromatic nitrogens is 2. The number of ether oxygens (including phenoxy) is 2. The average molecular weight is 572 g/mol. The van der Waals surface area contributed by atoms with Crippen molar-refractivity contribution < 1.29 is 18.8 Å². The van der Waals surface area contributed by atoms with Crippen LogP contribution in [-0.4, -0.2) is 60.5 Å². The van der Waals surface area contributed by atoms with E-state index in [1.807, 2.05) is 83.3 Å². The van der Waals surface area contributed by atoms with E-state index in [2.05, 4.69) is 37.5 Å². The van der Waals surface area contributed by atoms with E-state index in [1.54, 1.807) is 6.07 Å². The van der Waals surface area contributed by atoms with Crippen LogP contribution < -0.4 is 15.4 Å². The van der Waals surface area contributed by atoms with Gasteiger partial charge >= 0.3 is 6.03 Å². The SMILES string of the molecule is CC(C)=C/C(C#Cc1ccc(NC(=O)Nc2cc(C(C)(C)C)on2)cc1)=C\c1cc(OCCCN2CCOCC2)c[nH]1. The molecule has 1 fully saturated rings. The van der Waals surface area contributed by atoms with Crippen LogP contribution in [0.1, 0.15) is 58.1 Å². The van der Waals surface area contributed by atoms with Crippen molar-refractivity contribution in [2.24, 2.45) is 0 Å². The molecule has 1 aliphatic heterocycles. The van der Waals surface area contributed by atoms with Crippen molar-refractivity contribution in [3.63, 3.8) is 0 Å². The molecule has 222 valence electrons. The highest BCUT2D eigenvalue weighted by Gasteiger charge is 2.20. The van der Waals surface area contributed by atoms with Gasteiger partial charge in [0.1, 0.15) is 11.5 Å². The van der Waals surface area contributed by atoms with Crippen LogP contribution in [0, 0.1) is 11.8 Å². The zero-order valence-corrected chi connectivity index (χ0v) is 25.2. The van der Waals surface area contributed by atoms with Crippen molar-refractivity contribution in [1.82, 2.24) is 15.0 Å². The summed E-state index contributed by atoms with van der Waals surface area (Å²) in [6.07, 6.45) is 6.91. The van der Waals surface area contributed by atoms with Crippen LogP contribution in [0.5, 0.6) is 5.75 Å². The summed E-state index contributed by atoms with van der Waals surface area (Å²) in [6, 6.07) is 10.7. The monoisotopic (exact) mass is 571 g/mol. The van der Waals surface area contributed by atoms with Crippen molar-refractivity contribution in [3.8, 4) is 17.6 Å². The molecule has 1 aromatic carbocycles. The molecule has 0 spiro atoms. The molecule has 9 heteroatoms. The summed E-state index contributed by atoms with van der Waals surface area (Å²) in [7, 11) is 0. The number of nitrogens with one attached hydrogen (secondary N) is 3. The predicted molar refractivity (Wildman–Crippen MR) is 167 cm³/mol. The Morgan fingerprint density at radius 1 is 1.14 bits per heavy atom. The number of benzene rings is 1. The van der Waals surface area contributed by atoms with Gasteiger partial charge in [-0.25, -0.2) is 4.79 Å². The van der Waals surface area contributed by atoms with Crippen LogP contribution in [-0.2, 0) is 10.2 Å². The number of H-pyrrole nitrogens is 1. The summed E-state index contributed by atoms with van der Waals surface area (Å²) in [5.74, 6) is 8.35.